The van der Waals surface area contributed by atoms with Gasteiger partial charge in [-0.3, -0.25) is 0 Å². The number of aryl methyl sites for hydroxylation is 1. The predicted molar refractivity (Wildman–Crippen MR) is 47.0 cm³/mol. The van der Waals surface area contributed by atoms with E-state index in [4.69, 9.17) is 0 Å². The van der Waals surface area contributed by atoms with Gasteiger partial charge < -0.3 is 0 Å². The van der Waals surface area contributed by atoms with Crippen LogP contribution in [0.5, 0.6) is 0 Å². The highest BCUT2D eigenvalue weighted by Gasteiger charge is 1.93. The van der Waals surface area contributed by atoms with Crippen LogP contribution in [-0.2, 0) is 0 Å². The molecule has 10 heavy (non-hydrogen) atoms. The molecule has 1 aromatic carbocycles. The van der Waals surface area contributed by atoms with Crippen molar-refractivity contribution in [2.24, 2.45) is 0 Å². The Balaban J connectivity index is 2.81. The van der Waals surface area contributed by atoms with E-state index >= 15 is 0 Å². The topological polar surface area (TPSA) is 0 Å². The monoisotopic (exact) mass is 151 g/mol. The highest BCUT2D eigenvalue weighted by atomic mass is 32.2. The molecule has 0 heterocycles. The van der Waals surface area contributed by atoms with Crippen LogP contribution in [0.3, 0.4) is 0 Å². The van der Waals surface area contributed by atoms with E-state index in [-0.39, 0.29) is 0 Å². The third-order valence-corrected chi connectivity index (χ3v) is 2.29. The minimum atomic E-state index is 1.35. The van der Waals surface area contributed by atoms with Gasteiger partial charge in [-0.25, -0.2) is 0 Å². The maximum atomic E-state index is 2.14. The first kappa shape index (κ1) is 7.67. The van der Waals surface area contributed by atoms with Gasteiger partial charge in [-0.2, -0.15) is 0 Å². The predicted octanol–water partition coefficient (Wildman–Crippen LogP) is 3.27. The lowest BCUT2D eigenvalue weighted by Gasteiger charge is -2.00. The minimum Gasteiger partial charge on any atom is -0.122 e. The Labute approximate surface area is 66.6 Å². The van der Waals surface area contributed by atoms with Gasteiger partial charge in [0, 0.05) is 10.6 Å². The number of thioether (sulfide) groups is 1. The van der Waals surface area contributed by atoms with Crippen molar-refractivity contribution in [1.82, 2.24) is 0 Å². The molecule has 0 nitrogen and oxygen atoms in total. The Kier molecular flexibility index (Phi) is 2.82. The second kappa shape index (κ2) is 3.67. The van der Waals surface area contributed by atoms with Crippen LogP contribution in [0.4, 0.5) is 0 Å². The standard InChI is InChI=1S/C9H11S/c1-3-10-9-7-5-4-6-8(9)2/h3-7H,1-2H3. The largest absolute Gasteiger partial charge is 0.122 e. The van der Waals surface area contributed by atoms with Gasteiger partial charge in [-0.05, 0) is 18.6 Å². The Bertz CT molecular complexity index is 206. The molecule has 0 aliphatic heterocycles. The molecular weight excluding hydrogens is 140 g/mol. The van der Waals surface area contributed by atoms with Crippen LogP contribution in [-0.4, -0.2) is 0 Å². The fraction of sp³-hybridized carbons (Fsp3) is 0.222. The highest BCUT2D eigenvalue weighted by Crippen LogP contribution is 2.23. The third-order valence-electron chi connectivity index (χ3n) is 1.34. The van der Waals surface area contributed by atoms with E-state index in [0.717, 1.165) is 0 Å². The molecule has 0 spiro atoms. The molecule has 0 saturated carbocycles. The molecule has 0 saturated heterocycles. The molecule has 53 valence electrons. The summed E-state index contributed by atoms with van der Waals surface area (Å²) in [6.07, 6.45) is 0. The third kappa shape index (κ3) is 1.77. The summed E-state index contributed by atoms with van der Waals surface area (Å²) in [5.41, 5.74) is 1.35. The van der Waals surface area contributed by atoms with Gasteiger partial charge in [0.15, 0.2) is 0 Å². The molecule has 0 bridgehead atoms. The molecule has 1 rings (SSSR count). The molecule has 0 amide bonds. The average Bonchev–Trinajstić information content (AvgIpc) is 1.94. The van der Waals surface area contributed by atoms with E-state index in [9.17, 15) is 0 Å². The lowest BCUT2D eigenvalue weighted by molar-refractivity contribution is 1.30. The zero-order valence-corrected chi connectivity index (χ0v) is 7.11. The van der Waals surface area contributed by atoms with Gasteiger partial charge in [-0.15, -0.1) is 11.8 Å². The van der Waals surface area contributed by atoms with Gasteiger partial charge in [-0.1, -0.05) is 25.1 Å². The van der Waals surface area contributed by atoms with Crippen molar-refractivity contribution in [1.29, 1.82) is 0 Å². The first-order chi connectivity index (χ1) is 4.84. The maximum Gasteiger partial charge on any atom is 0.0186 e. The Hall–Kier alpha value is -0.430. The van der Waals surface area contributed by atoms with Crippen LogP contribution in [0, 0.1) is 12.7 Å². The van der Waals surface area contributed by atoms with Gasteiger partial charge >= 0.3 is 0 Å². The molecule has 0 fully saturated rings. The Morgan fingerprint density at radius 3 is 2.60 bits per heavy atom. The average molecular weight is 151 g/mol. The molecule has 1 heteroatoms. The second-order valence-electron chi connectivity index (χ2n) is 2.12. The summed E-state index contributed by atoms with van der Waals surface area (Å²) in [6.45, 7) is 4.18. The van der Waals surface area contributed by atoms with E-state index < -0.39 is 0 Å². The van der Waals surface area contributed by atoms with Gasteiger partial charge in [0.25, 0.3) is 0 Å². The first-order valence-corrected chi connectivity index (χ1v) is 4.22. The van der Waals surface area contributed by atoms with Crippen molar-refractivity contribution in [2.45, 2.75) is 18.7 Å². The van der Waals surface area contributed by atoms with Gasteiger partial charge in [0.1, 0.15) is 0 Å². The fourth-order valence-corrected chi connectivity index (χ4v) is 1.48. The lowest BCUT2D eigenvalue weighted by atomic mass is 10.2. The molecule has 0 aliphatic rings. The molecule has 0 N–H and O–H groups in total. The van der Waals surface area contributed by atoms with Crippen LogP contribution in [0.2, 0.25) is 0 Å². The van der Waals surface area contributed by atoms with Crippen LogP contribution >= 0.6 is 11.8 Å². The summed E-state index contributed by atoms with van der Waals surface area (Å²) in [7, 11) is 0. The maximum absolute atomic E-state index is 2.14. The molecule has 0 unspecified atom stereocenters. The summed E-state index contributed by atoms with van der Waals surface area (Å²) in [5, 5.41) is 0. The van der Waals surface area contributed by atoms with Crippen molar-refractivity contribution in [3.63, 3.8) is 0 Å². The van der Waals surface area contributed by atoms with E-state index in [0.29, 0.717) is 0 Å². The summed E-state index contributed by atoms with van der Waals surface area (Å²) < 4.78 is 0. The van der Waals surface area contributed by atoms with Crippen LogP contribution in [0.1, 0.15) is 12.5 Å². The lowest BCUT2D eigenvalue weighted by Crippen LogP contribution is -1.75. The molecule has 0 aromatic heterocycles. The molecule has 1 radical (unpaired) electrons. The summed E-state index contributed by atoms with van der Waals surface area (Å²) in [5.74, 6) is 2.10. The quantitative estimate of drug-likeness (QED) is 0.584. The Morgan fingerprint density at radius 2 is 2.00 bits per heavy atom. The van der Waals surface area contributed by atoms with Crippen LogP contribution in [0.25, 0.3) is 0 Å². The van der Waals surface area contributed by atoms with E-state index in [2.05, 4.69) is 43.9 Å². The SMILES string of the molecule is C[CH]Sc1ccccc1C. The van der Waals surface area contributed by atoms with Crippen molar-refractivity contribution in [3.8, 4) is 0 Å². The van der Waals surface area contributed by atoms with Crippen molar-refractivity contribution in [3.05, 3.63) is 35.6 Å². The molecule has 0 aliphatic carbocycles. The summed E-state index contributed by atoms with van der Waals surface area (Å²) >= 11 is 1.78. The van der Waals surface area contributed by atoms with E-state index in [1.807, 2.05) is 0 Å². The minimum absolute atomic E-state index is 1.35. The van der Waals surface area contributed by atoms with Gasteiger partial charge in [0.05, 0.1) is 0 Å². The first-order valence-electron chi connectivity index (χ1n) is 3.34. The second-order valence-corrected chi connectivity index (χ2v) is 3.27. The number of benzene rings is 1. The molecular formula is C9H11S. The number of hydrogen-bond acceptors (Lipinski definition) is 1. The molecule has 1 aromatic rings. The fourth-order valence-electron chi connectivity index (χ4n) is 0.816. The zero-order valence-electron chi connectivity index (χ0n) is 6.29. The number of rotatable bonds is 2. The number of hydrogen-bond donors (Lipinski definition) is 0. The van der Waals surface area contributed by atoms with Crippen molar-refractivity contribution >= 4 is 11.8 Å². The Morgan fingerprint density at radius 1 is 1.30 bits per heavy atom. The summed E-state index contributed by atoms with van der Waals surface area (Å²) in [4.78, 5) is 1.35. The van der Waals surface area contributed by atoms with E-state index in [1.54, 1.807) is 11.8 Å². The zero-order chi connectivity index (χ0) is 7.40. The van der Waals surface area contributed by atoms with Gasteiger partial charge in [0.2, 0.25) is 0 Å². The smallest absolute Gasteiger partial charge is 0.0186 e. The molecule has 0 atom stereocenters. The van der Waals surface area contributed by atoms with Crippen LogP contribution < -0.4 is 0 Å². The van der Waals surface area contributed by atoms with Crippen LogP contribution in [0.15, 0.2) is 29.2 Å². The van der Waals surface area contributed by atoms with Crippen molar-refractivity contribution < 1.29 is 0 Å². The summed E-state index contributed by atoms with van der Waals surface area (Å²) in [6, 6.07) is 8.40. The highest BCUT2D eigenvalue weighted by molar-refractivity contribution is 8.01. The van der Waals surface area contributed by atoms with Crippen molar-refractivity contribution in [2.75, 3.05) is 0 Å². The van der Waals surface area contributed by atoms with E-state index in [1.165, 1.54) is 10.5 Å². The normalized spacial score (nSPS) is 9.80.